The van der Waals surface area contributed by atoms with Crippen LogP contribution in [0.3, 0.4) is 0 Å². The molecule has 1 saturated heterocycles. The molecule has 1 aromatic carbocycles. The van der Waals surface area contributed by atoms with E-state index >= 15 is 0 Å². The van der Waals surface area contributed by atoms with E-state index in [9.17, 15) is 9.59 Å². The molecule has 1 spiro atoms. The monoisotopic (exact) mass is 335 g/mol. The van der Waals surface area contributed by atoms with Gasteiger partial charge < -0.3 is 10.2 Å². The Morgan fingerprint density at radius 2 is 2.04 bits per heavy atom. The summed E-state index contributed by atoms with van der Waals surface area (Å²) in [7, 11) is 0. The Kier molecular flexibility index (Phi) is 3.99. The molecular formula is C20H21N3O2. The Bertz CT molecular complexity index is 778. The average molecular weight is 335 g/mol. The van der Waals surface area contributed by atoms with Crippen molar-refractivity contribution in [1.82, 2.24) is 15.2 Å². The topological polar surface area (TPSA) is 62.3 Å². The van der Waals surface area contributed by atoms with Crippen LogP contribution in [0.25, 0.3) is 0 Å². The first kappa shape index (κ1) is 15.8. The van der Waals surface area contributed by atoms with Gasteiger partial charge in [-0.05, 0) is 36.6 Å². The Balaban J connectivity index is 1.33. The van der Waals surface area contributed by atoms with E-state index in [2.05, 4.69) is 10.3 Å². The van der Waals surface area contributed by atoms with Crippen LogP contribution in [0.4, 0.5) is 0 Å². The number of rotatable bonds is 4. The molecule has 5 heteroatoms. The van der Waals surface area contributed by atoms with E-state index in [-0.39, 0.29) is 23.1 Å². The van der Waals surface area contributed by atoms with Crippen LogP contribution in [-0.2, 0) is 11.3 Å². The molecule has 2 amide bonds. The van der Waals surface area contributed by atoms with Crippen molar-refractivity contribution in [2.45, 2.75) is 19.4 Å². The molecule has 1 aliphatic carbocycles. The van der Waals surface area contributed by atoms with Crippen molar-refractivity contribution < 1.29 is 9.59 Å². The van der Waals surface area contributed by atoms with Crippen LogP contribution >= 0.6 is 0 Å². The first-order valence-corrected chi connectivity index (χ1v) is 8.69. The zero-order chi connectivity index (χ0) is 17.3. The number of likely N-dealkylation sites (tertiary alicyclic amines) is 1. The number of benzene rings is 1. The third kappa shape index (κ3) is 3.14. The molecule has 2 aromatic rings. The number of nitrogens with zero attached hydrogens (tertiary/aromatic N) is 2. The highest BCUT2D eigenvalue weighted by molar-refractivity contribution is 5.94. The molecule has 1 aromatic heterocycles. The van der Waals surface area contributed by atoms with Gasteiger partial charge in [0, 0.05) is 48.9 Å². The molecule has 0 bridgehead atoms. The molecule has 1 saturated carbocycles. The second kappa shape index (κ2) is 6.31. The summed E-state index contributed by atoms with van der Waals surface area (Å²) in [6.45, 7) is 1.93. The Morgan fingerprint density at radius 3 is 2.80 bits per heavy atom. The van der Waals surface area contributed by atoms with Crippen LogP contribution in [0.1, 0.15) is 28.8 Å². The molecule has 0 radical (unpaired) electrons. The minimum atomic E-state index is -0.0105. The Hall–Kier alpha value is -2.69. The zero-order valence-corrected chi connectivity index (χ0v) is 14.0. The third-order valence-corrected chi connectivity index (χ3v) is 5.39. The van der Waals surface area contributed by atoms with Crippen molar-refractivity contribution in [2.75, 3.05) is 13.1 Å². The predicted molar refractivity (Wildman–Crippen MR) is 93.6 cm³/mol. The van der Waals surface area contributed by atoms with Crippen molar-refractivity contribution in [2.24, 2.45) is 11.3 Å². The van der Waals surface area contributed by atoms with Crippen molar-refractivity contribution in [3.8, 4) is 0 Å². The predicted octanol–water partition coefficient (Wildman–Crippen LogP) is 2.25. The van der Waals surface area contributed by atoms with Crippen molar-refractivity contribution in [1.29, 1.82) is 0 Å². The molecule has 2 heterocycles. The van der Waals surface area contributed by atoms with E-state index in [4.69, 9.17) is 0 Å². The Labute approximate surface area is 147 Å². The molecule has 2 atom stereocenters. The van der Waals surface area contributed by atoms with Crippen LogP contribution in [0, 0.1) is 11.3 Å². The van der Waals surface area contributed by atoms with Gasteiger partial charge in [-0.3, -0.25) is 14.6 Å². The summed E-state index contributed by atoms with van der Waals surface area (Å²) in [6.07, 6.45) is 5.28. The highest BCUT2D eigenvalue weighted by Gasteiger charge is 2.61. The molecule has 128 valence electrons. The van der Waals surface area contributed by atoms with Gasteiger partial charge >= 0.3 is 0 Å². The van der Waals surface area contributed by atoms with Gasteiger partial charge in [0.2, 0.25) is 5.91 Å². The lowest BCUT2D eigenvalue weighted by atomic mass is 10.0. The summed E-state index contributed by atoms with van der Waals surface area (Å²) in [5, 5.41) is 3.01. The second-order valence-electron chi connectivity index (χ2n) is 7.04. The fourth-order valence-electron chi connectivity index (χ4n) is 3.82. The SMILES string of the molecule is O=C(NCc1cccnc1)[C@@H]1C[C@]12CCN(C(=O)c1ccccc1)C2. The number of amides is 2. The molecule has 0 unspecified atom stereocenters. The van der Waals surface area contributed by atoms with Crippen molar-refractivity contribution >= 4 is 11.8 Å². The first-order valence-electron chi connectivity index (χ1n) is 8.69. The molecular weight excluding hydrogens is 314 g/mol. The molecule has 4 rings (SSSR count). The molecule has 5 nitrogen and oxygen atoms in total. The summed E-state index contributed by atoms with van der Waals surface area (Å²) in [4.78, 5) is 31.0. The van der Waals surface area contributed by atoms with Crippen LogP contribution in [-0.4, -0.2) is 34.8 Å². The fourth-order valence-corrected chi connectivity index (χ4v) is 3.82. The number of carbonyl (C=O) groups is 2. The molecule has 1 aliphatic heterocycles. The Morgan fingerprint density at radius 1 is 1.20 bits per heavy atom. The van der Waals surface area contributed by atoms with Crippen molar-refractivity contribution in [3.63, 3.8) is 0 Å². The molecule has 2 aliphatic rings. The van der Waals surface area contributed by atoms with E-state index in [1.54, 1.807) is 12.4 Å². The van der Waals surface area contributed by atoms with E-state index in [1.165, 1.54) is 0 Å². The van der Waals surface area contributed by atoms with Gasteiger partial charge in [-0.2, -0.15) is 0 Å². The normalized spacial score (nSPS) is 24.3. The largest absolute Gasteiger partial charge is 0.352 e. The van der Waals surface area contributed by atoms with Crippen LogP contribution < -0.4 is 5.32 Å². The van der Waals surface area contributed by atoms with Gasteiger partial charge in [-0.15, -0.1) is 0 Å². The number of hydrogen-bond acceptors (Lipinski definition) is 3. The molecule has 25 heavy (non-hydrogen) atoms. The van der Waals surface area contributed by atoms with E-state index in [0.29, 0.717) is 13.1 Å². The van der Waals surface area contributed by atoms with E-state index in [1.807, 2.05) is 47.4 Å². The summed E-state index contributed by atoms with van der Waals surface area (Å²) in [5.41, 5.74) is 1.71. The maximum Gasteiger partial charge on any atom is 0.253 e. The molecule has 2 fully saturated rings. The van der Waals surface area contributed by atoms with Gasteiger partial charge in [0.05, 0.1) is 0 Å². The lowest BCUT2D eigenvalue weighted by molar-refractivity contribution is -0.123. The van der Waals surface area contributed by atoms with Gasteiger partial charge in [-0.1, -0.05) is 24.3 Å². The standard InChI is InChI=1S/C20H21N3O2/c24-18(22-13-15-5-4-9-21-12-15)17-11-20(17)8-10-23(14-20)19(25)16-6-2-1-3-7-16/h1-7,9,12,17H,8,10-11,13-14H2,(H,22,24)/t17-,20-/m0/s1. The van der Waals surface area contributed by atoms with E-state index in [0.717, 1.165) is 30.5 Å². The second-order valence-corrected chi connectivity index (χ2v) is 7.04. The van der Waals surface area contributed by atoms with E-state index < -0.39 is 0 Å². The maximum absolute atomic E-state index is 12.6. The van der Waals surface area contributed by atoms with Gasteiger partial charge in [0.15, 0.2) is 0 Å². The van der Waals surface area contributed by atoms with Crippen LogP contribution in [0.15, 0.2) is 54.9 Å². The highest BCUT2D eigenvalue weighted by Crippen LogP contribution is 2.58. The van der Waals surface area contributed by atoms with Crippen LogP contribution in [0.5, 0.6) is 0 Å². The highest BCUT2D eigenvalue weighted by atomic mass is 16.2. The van der Waals surface area contributed by atoms with Gasteiger partial charge in [0.1, 0.15) is 0 Å². The summed E-state index contributed by atoms with van der Waals surface area (Å²) in [5.74, 6) is 0.189. The van der Waals surface area contributed by atoms with Crippen LogP contribution in [0.2, 0.25) is 0 Å². The third-order valence-electron chi connectivity index (χ3n) is 5.39. The smallest absolute Gasteiger partial charge is 0.253 e. The summed E-state index contributed by atoms with van der Waals surface area (Å²) >= 11 is 0. The first-order chi connectivity index (χ1) is 12.2. The summed E-state index contributed by atoms with van der Waals surface area (Å²) in [6, 6.07) is 13.2. The maximum atomic E-state index is 12.6. The number of hydrogen-bond donors (Lipinski definition) is 1. The van der Waals surface area contributed by atoms with Crippen molar-refractivity contribution in [3.05, 3.63) is 66.0 Å². The average Bonchev–Trinajstić information content (AvgIpc) is 3.21. The lowest BCUT2D eigenvalue weighted by Crippen LogP contribution is -2.31. The minimum Gasteiger partial charge on any atom is -0.352 e. The number of aromatic nitrogens is 1. The summed E-state index contributed by atoms with van der Waals surface area (Å²) < 4.78 is 0. The quantitative estimate of drug-likeness (QED) is 0.932. The number of nitrogens with one attached hydrogen (secondary N) is 1. The lowest BCUT2D eigenvalue weighted by Gasteiger charge is -2.16. The van der Waals surface area contributed by atoms with Gasteiger partial charge in [-0.25, -0.2) is 0 Å². The molecule has 1 N–H and O–H groups in total. The number of carbonyl (C=O) groups excluding carboxylic acids is 2. The number of pyridine rings is 1. The minimum absolute atomic E-state index is 0.0105. The zero-order valence-electron chi connectivity index (χ0n) is 14.0. The van der Waals surface area contributed by atoms with Gasteiger partial charge in [0.25, 0.3) is 5.91 Å². The fraction of sp³-hybridized carbons (Fsp3) is 0.350.